The zero-order valence-corrected chi connectivity index (χ0v) is 15.4. The number of halogens is 4. The van der Waals surface area contributed by atoms with E-state index in [-0.39, 0.29) is 23.7 Å². The minimum Gasteiger partial charge on any atom is -0.435 e. The third kappa shape index (κ3) is 9.58. The third-order valence-corrected chi connectivity index (χ3v) is 3.60. The minimum atomic E-state index is -3.06. The molecule has 0 fully saturated rings. The second-order valence-electron chi connectivity index (χ2n) is 6.94. The lowest BCUT2D eigenvalue weighted by Crippen LogP contribution is -2.38. The quantitative estimate of drug-likeness (QED) is 0.558. The Morgan fingerprint density at radius 3 is 2.44 bits per heavy atom. The maximum Gasteiger partial charge on any atom is 0.387 e. The molecule has 5 nitrogen and oxygen atoms in total. The predicted octanol–water partition coefficient (Wildman–Crippen LogP) is 3.87. The van der Waals surface area contributed by atoms with Crippen molar-refractivity contribution in [3.05, 3.63) is 29.8 Å². The Kier molecular flexibility index (Phi) is 8.98. The van der Waals surface area contributed by atoms with E-state index in [0.29, 0.717) is 6.42 Å². The van der Waals surface area contributed by atoms with E-state index < -0.39 is 37.4 Å². The molecule has 9 heteroatoms. The molecule has 0 radical (unpaired) electrons. The van der Waals surface area contributed by atoms with Gasteiger partial charge in [-0.1, -0.05) is 26.0 Å². The average Bonchev–Trinajstić information content (AvgIpc) is 2.48. The summed E-state index contributed by atoms with van der Waals surface area (Å²) in [7, 11) is 0. The number of rotatable bonds is 11. The van der Waals surface area contributed by atoms with Crippen molar-refractivity contribution in [2.75, 3.05) is 6.61 Å². The normalized spacial score (nSPS) is 15.1. The summed E-state index contributed by atoms with van der Waals surface area (Å²) in [5.41, 5.74) is -1.02. The van der Waals surface area contributed by atoms with Gasteiger partial charge in [0.2, 0.25) is 5.91 Å². The molecule has 2 N–H and O–H groups in total. The monoisotopic (exact) mass is 395 g/mol. The molecule has 1 amide bonds. The van der Waals surface area contributed by atoms with Crippen LogP contribution in [-0.4, -0.2) is 36.4 Å². The largest absolute Gasteiger partial charge is 0.435 e. The van der Waals surface area contributed by atoms with E-state index in [1.807, 2.05) is 13.8 Å². The number of amides is 1. The highest BCUT2D eigenvalue weighted by Crippen LogP contribution is 2.24. The van der Waals surface area contributed by atoms with Gasteiger partial charge in [0.25, 0.3) is 0 Å². The molecule has 27 heavy (non-hydrogen) atoms. The van der Waals surface area contributed by atoms with Crippen LogP contribution in [0.4, 0.5) is 17.6 Å². The number of carbonyl (C=O) groups is 1. The van der Waals surface area contributed by atoms with Gasteiger partial charge in [0, 0.05) is 0 Å². The molecule has 0 saturated carbocycles. The van der Waals surface area contributed by atoms with Gasteiger partial charge in [0.1, 0.15) is 5.75 Å². The van der Waals surface area contributed by atoms with E-state index in [2.05, 4.69) is 14.8 Å². The van der Waals surface area contributed by atoms with Crippen LogP contribution < -0.4 is 10.1 Å². The maximum atomic E-state index is 12.4. The fraction of sp³-hybridized carbons (Fsp3) is 0.611. The molecule has 1 rings (SSSR count). The molecule has 0 aromatic heterocycles. The first-order valence-electron chi connectivity index (χ1n) is 8.45. The highest BCUT2D eigenvalue weighted by atomic mass is 19.3. The first kappa shape index (κ1) is 23.2. The Balaban J connectivity index is 2.89. The molecule has 0 aliphatic heterocycles. The topological polar surface area (TPSA) is 67.8 Å². The van der Waals surface area contributed by atoms with Crippen LogP contribution in [0.15, 0.2) is 24.3 Å². The van der Waals surface area contributed by atoms with Crippen molar-refractivity contribution in [2.45, 2.75) is 58.5 Å². The molecule has 154 valence electrons. The lowest BCUT2D eigenvalue weighted by molar-refractivity contribution is -0.140. The molecule has 0 saturated heterocycles. The van der Waals surface area contributed by atoms with Gasteiger partial charge >= 0.3 is 13.2 Å². The Morgan fingerprint density at radius 1 is 1.22 bits per heavy atom. The van der Waals surface area contributed by atoms with Gasteiger partial charge in [0.15, 0.2) is 0 Å². The Bertz CT molecular complexity index is 596. The van der Waals surface area contributed by atoms with Gasteiger partial charge < -0.3 is 19.9 Å². The third-order valence-electron chi connectivity index (χ3n) is 3.60. The SMILES string of the molecule is CC(C)CC(C)(O)CC(=O)NC(COC(F)F)c1cccc(OC(F)F)c1. The fourth-order valence-electron chi connectivity index (χ4n) is 2.84. The van der Waals surface area contributed by atoms with Crippen molar-refractivity contribution in [3.63, 3.8) is 0 Å². The highest BCUT2D eigenvalue weighted by molar-refractivity contribution is 5.77. The van der Waals surface area contributed by atoms with Crippen LogP contribution in [0.2, 0.25) is 0 Å². The van der Waals surface area contributed by atoms with Gasteiger partial charge in [0.05, 0.1) is 24.7 Å². The first-order valence-corrected chi connectivity index (χ1v) is 8.45. The van der Waals surface area contributed by atoms with Crippen LogP contribution in [0, 0.1) is 5.92 Å². The van der Waals surface area contributed by atoms with Gasteiger partial charge in [-0.05, 0) is 37.0 Å². The van der Waals surface area contributed by atoms with Gasteiger partial charge in [-0.25, -0.2) is 0 Å². The summed E-state index contributed by atoms with van der Waals surface area (Å²) in [6.45, 7) is -1.40. The number of carbonyl (C=O) groups excluding carboxylic acids is 1. The van der Waals surface area contributed by atoms with Gasteiger partial charge in [-0.2, -0.15) is 17.6 Å². The van der Waals surface area contributed by atoms with Crippen molar-refractivity contribution in [3.8, 4) is 5.75 Å². The zero-order chi connectivity index (χ0) is 20.6. The Hall–Kier alpha value is -1.87. The Morgan fingerprint density at radius 2 is 1.89 bits per heavy atom. The summed E-state index contributed by atoms with van der Waals surface area (Å²) in [5, 5.41) is 12.8. The van der Waals surface area contributed by atoms with Crippen LogP contribution in [0.1, 0.15) is 45.2 Å². The molecule has 2 atom stereocenters. The molecule has 2 unspecified atom stereocenters. The Labute approximate surface area is 155 Å². The van der Waals surface area contributed by atoms with Crippen LogP contribution >= 0.6 is 0 Å². The molecule has 0 heterocycles. The molecule has 0 bridgehead atoms. The van der Waals surface area contributed by atoms with Crippen molar-refractivity contribution >= 4 is 5.91 Å². The first-order chi connectivity index (χ1) is 12.5. The minimum absolute atomic E-state index is 0.147. The maximum absolute atomic E-state index is 12.4. The number of hydrogen-bond donors (Lipinski definition) is 2. The molecule has 1 aromatic rings. The lowest BCUT2D eigenvalue weighted by atomic mass is 9.91. The standard InChI is InChI=1S/C18H25F4NO4/c1-11(2)8-18(3,25)9-15(24)23-14(10-26-16(19)20)12-5-4-6-13(7-12)27-17(21)22/h4-7,11,14,16-17,25H,8-10H2,1-3H3,(H,23,24). The van der Waals surface area contributed by atoms with E-state index in [1.165, 1.54) is 31.2 Å². The lowest BCUT2D eigenvalue weighted by Gasteiger charge is -2.26. The average molecular weight is 395 g/mol. The summed E-state index contributed by atoms with van der Waals surface area (Å²) in [4.78, 5) is 12.3. The molecular weight excluding hydrogens is 370 g/mol. The second-order valence-corrected chi connectivity index (χ2v) is 6.94. The number of benzene rings is 1. The number of ether oxygens (including phenoxy) is 2. The second kappa shape index (κ2) is 10.5. The van der Waals surface area contributed by atoms with E-state index >= 15 is 0 Å². The molecule has 1 aromatic carbocycles. The number of nitrogens with one attached hydrogen (secondary N) is 1. The molecule has 0 spiro atoms. The summed E-state index contributed by atoms with van der Waals surface area (Å²) >= 11 is 0. The van der Waals surface area contributed by atoms with Crippen molar-refractivity contribution < 1.29 is 36.9 Å². The smallest absolute Gasteiger partial charge is 0.387 e. The molecule has 0 aliphatic carbocycles. The molecular formula is C18H25F4NO4. The van der Waals surface area contributed by atoms with Crippen LogP contribution in [0.3, 0.4) is 0 Å². The number of hydrogen-bond acceptors (Lipinski definition) is 4. The molecule has 0 aliphatic rings. The van der Waals surface area contributed by atoms with E-state index in [0.717, 1.165) is 0 Å². The van der Waals surface area contributed by atoms with Crippen molar-refractivity contribution in [2.24, 2.45) is 5.92 Å². The van der Waals surface area contributed by atoms with Crippen LogP contribution in [0.5, 0.6) is 5.75 Å². The van der Waals surface area contributed by atoms with Crippen LogP contribution in [-0.2, 0) is 9.53 Å². The van der Waals surface area contributed by atoms with Crippen molar-refractivity contribution in [1.82, 2.24) is 5.32 Å². The highest BCUT2D eigenvalue weighted by Gasteiger charge is 2.27. The fourth-order valence-corrected chi connectivity index (χ4v) is 2.84. The van der Waals surface area contributed by atoms with Crippen molar-refractivity contribution in [1.29, 1.82) is 0 Å². The van der Waals surface area contributed by atoms with E-state index in [1.54, 1.807) is 0 Å². The van der Waals surface area contributed by atoms with Gasteiger partial charge in [-0.3, -0.25) is 4.79 Å². The van der Waals surface area contributed by atoms with Crippen LogP contribution in [0.25, 0.3) is 0 Å². The summed E-state index contributed by atoms with van der Waals surface area (Å²) in [6.07, 6.45) is 0.125. The van der Waals surface area contributed by atoms with Gasteiger partial charge in [-0.15, -0.1) is 0 Å². The summed E-state index contributed by atoms with van der Waals surface area (Å²) in [6, 6.07) is 4.31. The summed E-state index contributed by atoms with van der Waals surface area (Å²) in [5.74, 6) is -0.608. The predicted molar refractivity (Wildman–Crippen MR) is 90.6 cm³/mol. The van der Waals surface area contributed by atoms with E-state index in [4.69, 9.17) is 0 Å². The number of aliphatic hydroxyl groups is 1. The zero-order valence-electron chi connectivity index (χ0n) is 15.4. The summed E-state index contributed by atoms with van der Waals surface area (Å²) < 4.78 is 58.1. The number of alkyl halides is 4. The van der Waals surface area contributed by atoms with E-state index in [9.17, 15) is 27.5 Å².